The highest BCUT2D eigenvalue weighted by molar-refractivity contribution is 5.66. The number of aliphatic carboxylic acids is 1. The van der Waals surface area contributed by atoms with Crippen molar-refractivity contribution < 1.29 is 14.3 Å². The Kier molecular flexibility index (Phi) is 5.26. The smallest absolute Gasteiger partial charge is 0.303 e. The Morgan fingerprint density at radius 1 is 1.24 bits per heavy atom. The van der Waals surface area contributed by atoms with E-state index in [4.69, 9.17) is 5.11 Å². The first kappa shape index (κ1) is 15.0. The molecule has 1 unspecified atom stereocenters. The van der Waals surface area contributed by atoms with Gasteiger partial charge in [-0.15, -0.1) is 0 Å². The highest BCUT2D eigenvalue weighted by Gasteiger charge is 2.14. The Hall–Kier alpha value is -2.43. The molecule has 110 valence electrons. The molecule has 2 aromatic rings. The summed E-state index contributed by atoms with van der Waals surface area (Å²) in [6.45, 7) is 0. The number of anilines is 1. The molecule has 0 amide bonds. The van der Waals surface area contributed by atoms with Crippen LogP contribution < -0.4 is 5.32 Å². The Morgan fingerprint density at radius 2 is 2.00 bits per heavy atom. The summed E-state index contributed by atoms with van der Waals surface area (Å²) in [7, 11) is 0. The van der Waals surface area contributed by atoms with Crippen molar-refractivity contribution in [3.63, 3.8) is 0 Å². The number of hydrogen-bond acceptors (Lipinski definition) is 3. The van der Waals surface area contributed by atoms with Crippen LogP contribution in [0, 0.1) is 5.82 Å². The van der Waals surface area contributed by atoms with Crippen LogP contribution in [0.5, 0.6) is 0 Å². The number of nitrogens with one attached hydrogen (secondary N) is 1. The molecule has 0 fully saturated rings. The van der Waals surface area contributed by atoms with Crippen LogP contribution in [0.15, 0.2) is 48.7 Å². The average molecular weight is 288 g/mol. The van der Waals surface area contributed by atoms with E-state index in [-0.39, 0.29) is 18.3 Å². The van der Waals surface area contributed by atoms with Gasteiger partial charge in [0.1, 0.15) is 0 Å². The molecule has 0 radical (unpaired) electrons. The summed E-state index contributed by atoms with van der Waals surface area (Å²) < 4.78 is 13.6. The highest BCUT2D eigenvalue weighted by atomic mass is 19.1. The minimum absolute atomic E-state index is 0.0267. The summed E-state index contributed by atoms with van der Waals surface area (Å²) in [6.07, 6.45) is 2.55. The fourth-order valence-corrected chi connectivity index (χ4v) is 2.11. The molecular formula is C16H17FN2O2. The molecule has 0 aliphatic rings. The average Bonchev–Trinajstić information content (AvgIpc) is 2.48. The molecule has 2 N–H and O–H groups in total. The quantitative estimate of drug-likeness (QED) is 0.821. The van der Waals surface area contributed by atoms with Gasteiger partial charge in [-0.3, -0.25) is 4.79 Å². The summed E-state index contributed by atoms with van der Waals surface area (Å²) in [5, 5.41) is 11.8. The van der Waals surface area contributed by atoms with Crippen LogP contribution in [0.25, 0.3) is 0 Å². The minimum Gasteiger partial charge on any atom is -0.481 e. The van der Waals surface area contributed by atoms with Crippen molar-refractivity contribution in [1.82, 2.24) is 4.98 Å². The fraction of sp³-hybridized carbons (Fsp3) is 0.250. The van der Waals surface area contributed by atoms with E-state index in [1.807, 2.05) is 30.3 Å². The van der Waals surface area contributed by atoms with Gasteiger partial charge in [-0.05, 0) is 30.5 Å². The molecular weight excluding hydrogens is 271 g/mol. The highest BCUT2D eigenvalue weighted by Crippen LogP contribution is 2.15. The van der Waals surface area contributed by atoms with E-state index < -0.39 is 11.8 Å². The van der Waals surface area contributed by atoms with Crippen molar-refractivity contribution in [2.45, 2.75) is 25.3 Å². The van der Waals surface area contributed by atoms with Crippen molar-refractivity contribution in [3.05, 3.63) is 60.0 Å². The van der Waals surface area contributed by atoms with E-state index in [1.165, 1.54) is 18.3 Å². The third-order valence-corrected chi connectivity index (χ3v) is 3.13. The van der Waals surface area contributed by atoms with E-state index >= 15 is 0 Å². The van der Waals surface area contributed by atoms with E-state index in [1.54, 1.807) is 0 Å². The van der Waals surface area contributed by atoms with Gasteiger partial charge in [0.05, 0.1) is 0 Å². The molecule has 21 heavy (non-hydrogen) atoms. The Bertz CT molecular complexity index is 590. The van der Waals surface area contributed by atoms with Crippen molar-refractivity contribution in [3.8, 4) is 0 Å². The second-order valence-corrected chi connectivity index (χ2v) is 4.80. The molecule has 0 saturated carbocycles. The summed E-state index contributed by atoms with van der Waals surface area (Å²) >= 11 is 0. The molecule has 0 saturated heterocycles. The number of carboxylic acids is 1. The van der Waals surface area contributed by atoms with Crippen LogP contribution in [-0.4, -0.2) is 22.1 Å². The molecule has 2 rings (SSSR count). The molecule has 1 heterocycles. The zero-order chi connectivity index (χ0) is 15.1. The van der Waals surface area contributed by atoms with E-state index in [9.17, 15) is 9.18 Å². The lowest BCUT2D eigenvalue weighted by molar-refractivity contribution is -0.137. The Balaban J connectivity index is 2.08. The molecule has 0 aliphatic carbocycles. The maximum Gasteiger partial charge on any atom is 0.303 e. The van der Waals surface area contributed by atoms with E-state index in [2.05, 4.69) is 10.3 Å². The standard InChI is InChI=1S/C16H17FN2O2/c17-14-7-4-10-18-16(14)19-13(8-9-15(20)21)11-12-5-2-1-3-6-12/h1-7,10,13H,8-9,11H2,(H,18,19)(H,20,21). The van der Waals surface area contributed by atoms with Gasteiger partial charge in [-0.2, -0.15) is 0 Å². The topological polar surface area (TPSA) is 62.2 Å². The largest absolute Gasteiger partial charge is 0.481 e. The normalized spacial score (nSPS) is 11.9. The van der Waals surface area contributed by atoms with Crippen molar-refractivity contribution in [2.75, 3.05) is 5.32 Å². The molecule has 0 aliphatic heterocycles. The lowest BCUT2D eigenvalue weighted by atomic mass is 10.0. The van der Waals surface area contributed by atoms with Gasteiger partial charge < -0.3 is 10.4 Å². The van der Waals surface area contributed by atoms with Gasteiger partial charge in [0.25, 0.3) is 0 Å². The number of hydrogen-bond donors (Lipinski definition) is 2. The number of carboxylic acid groups (broad SMARTS) is 1. The summed E-state index contributed by atoms with van der Waals surface area (Å²) in [6, 6.07) is 12.3. The first-order valence-corrected chi connectivity index (χ1v) is 6.78. The first-order valence-electron chi connectivity index (χ1n) is 6.78. The molecule has 0 bridgehead atoms. The third-order valence-electron chi connectivity index (χ3n) is 3.13. The summed E-state index contributed by atoms with van der Waals surface area (Å²) in [5.41, 5.74) is 1.07. The van der Waals surface area contributed by atoms with Crippen LogP contribution in [0.1, 0.15) is 18.4 Å². The summed E-state index contributed by atoms with van der Waals surface area (Å²) in [4.78, 5) is 14.7. The molecule has 0 spiro atoms. The number of rotatable bonds is 7. The number of benzene rings is 1. The van der Waals surface area contributed by atoms with Crippen LogP contribution in [0.3, 0.4) is 0 Å². The number of pyridine rings is 1. The van der Waals surface area contributed by atoms with Gasteiger partial charge in [0.15, 0.2) is 11.6 Å². The second kappa shape index (κ2) is 7.38. The Labute approximate surface area is 122 Å². The van der Waals surface area contributed by atoms with Crippen LogP contribution in [0.2, 0.25) is 0 Å². The van der Waals surface area contributed by atoms with E-state index in [0.29, 0.717) is 12.8 Å². The maximum absolute atomic E-state index is 13.6. The number of carbonyl (C=O) groups is 1. The van der Waals surface area contributed by atoms with Gasteiger partial charge in [0.2, 0.25) is 0 Å². The molecule has 5 heteroatoms. The predicted molar refractivity (Wildman–Crippen MR) is 78.6 cm³/mol. The van der Waals surface area contributed by atoms with Crippen LogP contribution in [-0.2, 0) is 11.2 Å². The zero-order valence-electron chi connectivity index (χ0n) is 11.5. The van der Waals surface area contributed by atoms with Gasteiger partial charge in [-0.1, -0.05) is 30.3 Å². The van der Waals surface area contributed by atoms with E-state index in [0.717, 1.165) is 5.56 Å². The predicted octanol–water partition coefficient (Wildman–Crippen LogP) is 3.11. The van der Waals surface area contributed by atoms with Gasteiger partial charge in [0, 0.05) is 18.7 Å². The molecule has 4 nitrogen and oxygen atoms in total. The molecule has 1 aromatic heterocycles. The van der Waals surface area contributed by atoms with Crippen molar-refractivity contribution in [1.29, 1.82) is 0 Å². The molecule has 1 aromatic carbocycles. The van der Waals surface area contributed by atoms with Gasteiger partial charge >= 0.3 is 5.97 Å². The fourth-order valence-electron chi connectivity index (χ4n) is 2.11. The number of aromatic nitrogens is 1. The lowest BCUT2D eigenvalue weighted by Gasteiger charge is -2.19. The van der Waals surface area contributed by atoms with Crippen molar-refractivity contribution in [2.24, 2.45) is 0 Å². The lowest BCUT2D eigenvalue weighted by Crippen LogP contribution is -2.24. The summed E-state index contributed by atoms with van der Waals surface area (Å²) in [5.74, 6) is -1.15. The van der Waals surface area contributed by atoms with Crippen LogP contribution >= 0.6 is 0 Å². The molecule has 1 atom stereocenters. The second-order valence-electron chi connectivity index (χ2n) is 4.80. The third kappa shape index (κ3) is 4.87. The monoisotopic (exact) mass is 288 g/mol. The minimum atomic E-state index is -0.864. The number of halogens is 1. The SMILES string of the molecule is O=C(O)CCC(Cc1ccccc1)Nc1ncccc1F. The zero-order valence-corrected chi connectivity index (χ0v) is 11.5. The Morgan fingerprint density at radius 3 is 2.67 bits per heavy atom. The maximum atomic E-state index is 13.6. The van der Waals surface area contributed by atoms with Crippen molar-refractivity contribution >= 4 is 11.8 Å². The number of nitrogens with zero attached hydrogens (tertiary/aromatic N) is 1. The van der Waals surface area contributed by atoms with Gasteiger partial charge in [-0.25, -0.2) is 9.37 Å². The van der Waals surface area contributed by atoms with Crippen LogP contribution in [0.4, 0.5) is 10.2 Å². The first-order chi connectivity index (χ1) is 10.1.